The van der Waals surface area contributed by atoms with E-state index in [1.54, 1.807) is 37.3 Å². The zero-order valence-electron chi connectivity index (χ0n) is 17.2. The van der Waals surface area contributed by atoms with Gasteiger partial charge in [0.25, 0.3) is 5.91 Å². The lowest BCUT2D eigenvalue weighted by Crippen LogP contribution is -2.47. The predicted octanol–water partition coefficient (Wildman–Crippen LogP) is 5.06. The first kappa shape index (κ1) is 23.4. The van der Waals surface area contributed by atoms with Crippen molar-refractivity contribution in [2.75, 3.05) is 6.61 Å². The number of hydrogen-bond acceptors (Lipinski definition) is 5. The third kappa shape index (κ3) is 6.35. The molecule has 1 atom stereocenters. The normalized spacial score (nSPS) is 11.8. The van der Waals surface area contributed by atoms with Crippen LogP contribution in [0.1, 0.15) is 18.2 Å². The number of hydrazone groups is 1. The van der Waals surface area contributed by atoms with Gasteiger partial charge in [0.15, 0.2) is 0 Å². The molecule has 3 rings (SSSR count). The van der Waals surface area contributed by atoms with Gasteiger partial charge in [-0.05, 0) is 36.8 Å². The maximum absolute atomic E-state index is 12.6. The van der Waals surface area contributed by atoms with Crippen molar-refractivity contribution in [1.29, 1.82) is 0 Å². The summed E-state index contributed by atoms with van der Waals surface area (Å²) in [5.74, 6) is 0.410. The summed E-state index contributed by atoms with van der Waals surface area (Å²) in [6.07, 6.45) is 0.949. The zero-order valence-corrected chi connectivity index (χ0v) is 18.7. The van der Waals surface area contributed by atoms with Crippen molar-refractivity contribution in [3.8, 4) is 11.3 Å². The van der Waals surface area contributed by atoms with Gasteiger partial charge < -0.3 is 14.5 Å². The molecular weight excluding hydrogens is 453 g/mol. The minimum Gasteiger partial charge on any atom is -0.455 e. The number of hydrogen-bond donors (Lipinski definition) is 2. The van der Waals surface area contributed by atoms with Crippen LogP contribution in [0.5, 0.6) is 0 Å². The maximum atomic E-state index is 12.6. The van der Waals surface area contributed by atoms with E-state index in [0.29, 0.717) is 27.1 Å². The molecule has 0 saturated heterocycles. The molecule has 0 aliphatic rings. The van der Waals surface area contributed by atoms with Crippen molar-refractivity contribution in [1.82, 2.24) is 10.7 Å². The van der Waals surface area contributed by atoms with Gasteiger partial charge >= 0.3 is 6.09 Å². The van der Waals surface area contributed by atoms with Crippen LogP contribution in [0.25, 0.3) is 11.3 Å². The van der Waals surface area contributed by atoms with Crippen molar-refractivity contribution in [2.45, 2.75) is 19.4 Å². The fourth-order valence-corrected chi connectivity index (χ4v) is 3.27. The Morgan fingerprint density at radius 1 is 1.09 bits per heavy atom. The van der Waals surface area contributed by atoms with E-state index < -0.39 is 18.0 Å². The fourth-order valence-electron chi connectivity index (χ4n) is 2.87. The number of benzene rings is 2. The molecule has 1 aromatic heterocycles. The Bertz CT molecular complexity index is 1100. The van der Waals surface area contributed by atoms with E-state index in [2.05, 4.69) is 15.8 Å². The van der Waals surface area contributed by atoms with Crippen LogP contribution in [0.3, 0.4) is 0 Å². The fraction of sp³-hybridized carbons (Fsp3) is 0.174. The van der Waals surface area contributed by atoms with Gasteiger partial charge in [-0.15, -0.1) is 0 Å². The molecule has 0 spiro atoms. The number of furan rings is 1. The van der Waals surface area contributed by atoms with Gasteiger partial charge in [0.05, 0.1) is 22.9 Å². The lowest BCUT2D eigenvalue weighted by Gasteiger charge is -2.16. The number of carbonyl (C=O) groups excluding carboxylic acids is 2. The van der Waals surface area contributed by atoms with E-state index in [0.717, 1.165) is 5.56 Å². The third-order valence-electron chi connectivity index (χ3n) is 4.38. The predicted molar refractivity (Wildman–Crippen MR) is 124 cm³/mol. The minimum absolute atomic E-state index is 0.196. The number of halogens is 2. The molecule has 7 nitrogen and oxygen atoms in total. The van der Waals surface area contributed by atoms with Gasteiger partial charge in [-0.1, -0.05) is 59.6 Å². The van der Waals surface area contributed by atoms with Crippen LogP contribution < -0.4 is 10.7 Å². The molecule has 0 fully saturated rings. The molecule has 32 heavy (non-hydrogen) atoms. The Morgan fingerprint density at radius 3 is 2.62 bits per heavy atom. The van der Waals surface area contributed by atoms with Crippen LogP contribution in [0.15, 0.2) is 70.2 Å². The van der Waals surface area contributed by atoms with Crippen molar-refractivity contribution in [2.24, 2.45) is 5.10 Å². The van der Waals surface area contributed by atoms with Crippen LogP contribution in [0.2, 0.25) is 10.0 Å². The average molecular weight is 474 g/mol. The van der Waals surface area contributed by atoms with Gasteiger partial charge in [-0.3, -0.25) is 4.79 Å². The first-order chi connectivity index (χ1) is 15.5. The van der Waals surface area contributed by atoms with Crippen LogP contribution >= 0.6 is 23.2 Å². The molecule has 0 aliphatic carbocycles. The second-order valence-electron chi connectivity index (χ2n) is 6.64. The van der Waals surface area contributed by atoms with Gasteiger partial charge in [0.1, 0.15) is 17.6 Å². The lowest BCUT2D eigenvalue weighted by atomic mass is 10.1. The summed E-state index contributed by atoms with van der Waals surface area (Å²) in [5, 5.41) is 7.29. The number of ether oxygens (including phenoxy) is 1. The maximum Gasteiger partial charge on any atom is 0.407 e. The van der Waals surface area contributed by atoms with Crippen LogP contribution in [0, 0.1) is 0 Å². The summed E-state index contributed by atoms with van der Waals surface area (Å²) in [7, 11) is 0. The molecule has 166 valence electrons. The monoisotopic (exact) mass is 473 g/mol. The Kier molecular flexibility index (Phi) is 8.30. The minimum atomic E-state index is -0.869. The quantitative estimate of drug-likeness (QED) is 0.353. The topological polar surface area (TPSA) is 92.9 Å². The lowest BCUT2D eigenvalue weighted by molar-refractivity contribution is -0.123. The summed E-state index contributed by atoms with van der Waals surface area (Å²) < 4.78 is 10.6. The Balaban J connectivity index is 1.66. The standard InChI is InChI=1S/C23H21Cl2N3O4/c1-2-31-23(30)27-19(13-15-7-4-3-5-8-15)22(29)28-26-14-16-11-12-20(32-16)17-9-6-10-18(24)21(17)25/h3-12,14,19H,2,13H2,1H3,(H,27,30)(H,28,29)/b26-14-/t19-/m1/s1. The molecule has 2 aromatic carbocycles. The molecule has 2 amide bonds. The van der Waals surface area contributed by atoms with Crippen molar-refractivity contribution < 1.29 is 18.7 Å². The summed E-state index contributed by atoms with van der Waals surface area (Å²) in [5.41, 5.74) is 3.94. The number of rotatable bonds is 8. The molecule has 0 bridgehead atoms. The zero-order chi connectivity index (χ0) is 22.9. The van der Waals surface area contributed by atoms with Crippen molar-refractivity contribution in [3.63, 3.8) is 0 Å². The van der Waals surface area contributed by atoms with Crippen LogP contribution in [-0.2, 0) is 16.0 Å². The largest absolute Gasteiger partial charge is 0.455 e. The molecule has 0 saturated carbocycles. The first-order valence-electron chi connectivity index (χ1n) is 9.82. The Morgan fingerprint density at radius 2 is 1.88 bits per heavy atom. The van der Waals surface area contributed by atoms with E-state index in [4.69, 9.17) is 32.4 Å². The van der Waals surface area contributed by atoms with Crippen molar-refractivity contribution in [3.05, 3.63) is 82.0 Å². The van der Waals surface area contributed by atoms with E-state index in [9.17, 15) is 9.59 Å². The van der Waals surface area contributed by atoms with Gasteiger partial charge in [0.2, 0.25) is 0 Å². The average Bonchev–Trinajstić information content (AvgIpc) is 3.24. The van der Waals surface area contributed by atoms with E-state index in [1.807, 2.05) is 30.3 Å². The second-order valence-corrected chi connectivity index (χ2v) is 7.43. The van der Waals surface area contributed by atoms with Gasteiger partial charge in [-0.25, -0.2) is 10.2 Å². The van der Waals surface area contributed by atoms with Crippen molar-refractivity contribution >= 4 is 41.4 Å². The number of amides is 2. The van der Waals surface area contributed by atoms with Gasteiger partial charge in [0, 0.05) is 12.0 Å². The van der Waals surface area contributed by atoms with E-state index in [-0.39, 0.29) is 13.0 Å². The smallest absolute Gasteiger partial charge is 0.407 e. The number of nitrogens with zero attached hydrogens (tertiary/aromatic N) is 1. The molecule has 3 aromatic rings. The molecule has 0 radical (unpaired) electrons. The molecule has 2 N–H and O–H groups in total. The summed E-state index contributed by atoms with van der Waals surface area (Å²) in [4.78, 5) is 24.5. The van der Waals surface area contributed by atoms with Crippen LogP contribution in [0.4, 0.5) is 4.79 Å². The summed E-state index contributed by atoms with van der Waals surface area (Å²) >= 11 is 12.3. The van der Waals surface area contributed by atoms with E-state index >= 15 is 0 Å². The molecule has 1 heterocycles. The SMILES string of the molecule is CCOC(=O)N[C@H](Cc1ccccc1)C(=O)N/N=C\c1ccc(-c2cccc(Cl)c2Cl)o1. The highest BCUT2D eigenvalue weighted by molar-refractivity contribution is 6.43. The third-order valence-corrected chi connectivity index (χ3v) is 5.20. The highest BCUT2D eigenvalue weighted by atomic mass is 35.5. The highest BCUT2D eigenvalue weighted by Gasteiger charge is 2.21. The highest BCUT2D eigenvalue weighted by Crippen LogP contribution is 2.34. The number of carbonyl (C=O) groups is 2. The number of nitrogens with one attached hydrogen (secondary N) is 2. The number of alkyl carbamates (subject to hydrolysis) is 1. The Hall–Kier alpha value is -3.29. The Labute approximate surface area is 195 Å². The molecule has 0 aliphatic heterocycles. The summed E-state index contributed by atoms with van der Waals surface area (Å²) in [6.45, 7) is 1.88. The van der Waals surface area contributed by atoms with Crippen LogP contribution in [-0.4, -0.2) is 30.9 Å². The molecular formula is C23H21Cl2N3O4. The molecule has 9 heteroatoms. The van der Waals surface area contributed by atoms with Gasteiger partial charge in [-0.2, -0.15) is 5.10 Å². The van der Waals surface area contributed by atoms with E-state index in [1.165, 1.54) is 6.21 Å². The second kappa shape index (κ2) is 11.4. The first-order valence-corrected chi connectivity index (χ1v) is 10.6. The molecule has 0 unspecified atom stereocenters. The summed E-state index contributed by atoms with van der Waals surface area (Å²) in [6, 6.07) is 17.1.